The highest BCUT2D eigenvalue weighted by molar-refractivity contribution is 5.81. The maximum atomic E-state index is 13.3. The van der Waals surface area contributed by atoms with E-state index in [9.17, 15) is 4.79 Å². The van der Waals surface area contributed by atoms with Crippen LogP contribution in [-0.4, -0.2) is 43.2 Å². The first kappa shape index (κ1) is 19.7. The number of nitrogens with one attached hydrogen (secondary N) is 1. The molecule has 160 valence electrons. The minimum Gasteiger partial charge on any atom is -0.467 e. The number of pyridine rings is 1. The van der Waals surface area contributed by atoms with Crippen LogP contribution < -0.4 is 5.56 Å². The number of furan rings is 1. The molecule has 8 nitrogen and oxygen atoms in total. The van der Waals surface area contributed by atoms with E-state index in [2.05, 4.69) is 45.3 Å². The molecule has 1 N–H and O–H groups in total. The number of tetrazole rings is 1. The molecule has 3 aromatic heterocycles. The molecule has 5 rings (SSSR count). The Labute approximate surface area is 179 Å². The number of aromatic amines is 1. The molecule has 1 aliphatic rings. The zero-order valence-electron chi connectivity index (χ0n) is 17.8. The smallest absolute Gasteiger partial charge is 0.253 e. The Kier molecular flexibility index (Phi) is 5.15. The summed E-state index contributed by atoms with van der Waals surface area (Å²) in [6.07, 6.45) is 5.03. The van der Waals surface area contributed by atoms with E-state index in [4.69, 9.17) is 4.42 Å². The van der Waals surface area contributed by atoms with Gasteiger partial charge in [0.2, 0.25) is 0 Å². The average molecular weight is 419 g/mol. The third kappa shape index (κ3) is 3.79. The second-order valence-corrected chi connectivity index (χ2v) is 8.35. The normalized spacial score (nSPS) is 16.1. The van der Waals surface area contributed by atoms with E-state index in [0.717, 1.165) is 48.2 Å². The number of hydrogen-bond donors (Lipinski definition) is 1. The minimum atomic E-state index is -0.319. The van der Waals surface area contributed by atoms with Crippen molar-refractivity contribution in [2.75, 3.05) is 13.1 Å². The maximum Gasteiger partial charge on any atom is 0.253 e. The van der Waals surface area contributed by atoms with Gasteiger partial charge in [-0.3, -0.25) is 9.69 Å². The summed E-state index contributed by atoms with van der Waals surface area (Å²) in [4.78, 5) is 18.7. The first-order valence-corrected chi connectivity index (χ1v) is 10.8. The largest absolute Gasteiger partial charge is 0.467 e. The highest BCUT2D eigenvalue weighted by Gasteiger charge is 2.31. The van der Waals surface area contributed by atoms with E-state index in [1.54, 1.807) is 10.9 Å². The van der Waals surface area contributed by atoms with Crippen LogP contribution in [0.5, 0.6) is 0 Å². The van der Waals surface area contributed by atoms with Gasteiger partial charge >= 0.3 is 0 Å². The summed E-state index contributed by atoms with van der Waals surface area (Å²) in [5, 5.41) is 13.5. The van der Waals surface area contributed by atoms with Crippen molar-refractivity contribution in [2.24, 2.45) is 0 Å². The number of piperidine rings is 1. The fourth-order valence-corrected chi connectivity index (χ4v) is 4.44. The van der Waals surface area contributed by atoms with Crippen molar-refractivity contribution < 1.29 is 4.42 Å². The van der Waals surface area contributed by atoms with Gasteiger partial charge in [0.15, 0.2) is 5.82 Å². The van der Waals surface area contributed by atoms with Gasteiger partial charge < -0.3 is 9.40 Å². The lowest BCUT2D eigenvalue weighted by atomic mass is 9.99. The summed E-state index contributed by atoms with van der Waals surface area (Å²) >= 11 is 0. The average Bonchev–Trinajstić information content (AvgIpc) is 3.44. The summed E-state index contributed by atoms with van der Waals surface area (Å²) in [5.74, 6) is 1.43. The molecule has 0 radical (unpaired) electrons. The van der Waals surface area contributed by atoms with Crippen molar-refractivity contribution in [3.05, 3.63) is 75.2 Å². The first-order valence-electron chi connectivity index (χ1n) is 10.8. The van der Waals surface area contributed by atoms with Crippen LogP contribution in [0.15, 0.2) is 45.8 Å². The van der Waals surface area contributed by atoms with Gasteiger partial charge in [-0.1, -0.05) is 6.42 Å². The Hall–Kier alpha value is -3.26. The van der Waals surface area contributed by atoms with Crippen molar-refractivity contribution in [3.8, 4) is 0 Å². The zero-order valence-corrected chi connectivity index (χ0v) is 17.8. The molecule has 1 saturated heterocycles. The summed E-state index contributed by atoms with van der Waals surface area (Å²) < 4.78 is 7.24. The van der Waals surface area contributed by atoms with Gasteiger partial charge in [-0.05, 0) is 97.1 Å². The molecule has 1 aliphatic heterocycles. The van der Waals surface area contributed by atoms with Crippen LogP contribution in [0.1, 0.15) is 53.6 Å². The Bertz CT molecular complexity index is 1250. The molecule has 0 spiro atoms. The molecule has 0 bridgehead atoms. The Morgan fingerprint density at radius 1 is 1.13 bits per heavy atom. The van der Waals surface area contributed by atoms with E-state index in [1.165, 1.54) is 12.0 Å². The van der Waals surface area contributed by atoms with Crippen molar-refractivity contribution in [1.29, 1.82) is 0 Å². The second-order valence-electron chi connectivity index (χ2n) is 8.35. The van der Waals surface area contributed by atoms with E-state index in [0.29, 0.717) is 17.9 Å². The molecule has 0 unspecified atom stereocenters. The monoisotopic (exact) mass is 418 g/mol. The van der Waals surface area contributed by atoms with Crippen molar-refractivity contribution in [3.63, 3.8) is 0 Å². The lowest BCUT2D eigenvalue weighted by Crippen LogP contribution is -2.38. The van der Waals surface area contributed by atoms with E-state index >= 15 is 0 Å². The number of fused-ring (bicyclic) bond motifs is 1. The number of hydrogen-bond acceptors (Lipinski definition) is 6. The minimum absolute atomic E-state index is 0.0983. The van der Waals surface area contributed by atoms with Crippen LogP contribution in [0.4, 0.5) is 0 Å². The number of nitrogens with zero attached hydrogens (tertiary/aromatic N) is 5. The molecule has 8 heteroatoms. The highest BCUT2D eigenvalue weighted by atomic mass is 16.3. The molecule has 0 saturated carbocycles. The summed E-state index contributed by atoms with van der Waals surface area (Å²) in [6, 6.07) is 9.59. The van der Waals surface area contributed by atoms with Crippen molar-refractivity contribution in [1.82, 2.24) is 30.1 Å². The lowest BCUT2D eigenvalue weighted by molar-refractivity contribution is 0.176. The molecule has 31 heavy (non-hydrogen) atoms. The van der Waals surface area contributed by atoms with Gasteiger partial charge in [0.05, 0.1) is 6.26 Å². The van der Waals surface area contributed by atoms with Crippen LogP contribution >= 0.6 is 0 Å². The van der Waals surface area contributed by atoms with Crippen molar-refractivity contribution in [2.45, 2.75) is 45.7 Å². The standard InChI is InChI=1S/C23H26N6O2/c1-15-11-17-13-19(23(30)24-20(17)12-16(15)2)21(28-8-4-3-5-9-28)22-25-26-27-29(22)14-18-7-6-10-31-18/h6-7,10-13,21H,3-5,8-9,14H2,1-2H3,(H,24,30)/t21-/m0/s1. The number of rotatable bonds is 5. The molecular weight excluding hydrogens is 392 g/mol. The SMILES string of the molecule is Cc1cc2cc([C@@H](c3nnnn3Cc3ccco3)N3CCCCC3)c(=O)[nH]c2cc1C. The van der Waals surface area contributed by atoms with Gasteiger partial charge in [0.1, 0.15) is 18.3 Å². The predicted octanol–water partition coefficient (Wildman–Crippen LogP) is 3.35. The quantitative estimate of drug-likeness (QED) is 0.534. The Morgan fingerprint density at radius 2 is 1.94 bits per heavy atom. The predicted molar refractivity (Wildman–Crippen MR) is 117 cm³/mol. The van der Waals surface area contributed by atoms with Gasteiger partial charge in [-0.25, -0.2) is 4.68 Å². The van der Waals surface area contributed by atoms with E-state index < -0.39 is 0 Å². The zero-order chi connectivity index (χ0) is 21.4. The lowest BCUT2D eigenvalue weighted by Gasteiger charge is -2.33. The third-order valence-corrected chi connectivity index (χ3v) is 6.23. The van der Waals surface area contributed by atoms with Gasteiger partial charge in [-0.15, -0.1) is 5.10 Å². The molecule has 1 atom stereocenters. The van der Waals surface area contributed by atoms with Crippen LogP contribution in [-0.2, 0) is 6.54 Å². The third-order valence-electron chi connectivity index (χ3n) is 6.23. The van der Waals surface area contributed by atoms with Gasteiger partial charge in [0.25, 0.3) is 5.56 Å². The van der Waals surface area contributed by atoms with Crippen LogP contribution in [0.2, 0.25) is 0 Å². The molecule has 4 heterocycles. The molecular formula is C23H26N6O2. The van der Waals surface area contributed by atoms with E-state index in [-0.39, 0.29) is 11.6 Å². The van der Waals surface area contributed by atoms with Gasteiger partial charge in [0, 0.05) is 11.1 Å². The molecule has 1 aromatic carbocycles. The van der Waals surface area contributed by atoms with Crippen molar-refractivity contribution >= 4 is 10.9 Å². The number of benzene rings is 1. The molecule has 0 aliphatic carbocycles. The number of H-pyrrole nitrogens is 1. The fourth-order valence-electron chi connectivity index (χ4n) is 4.44. The summed E-state index contributed by atoms with van der Waals surface area (Å²) in [7, 11) is 0. The maximum absolute atomic E-state index is 13.3. The fraction of sp³-hybridized carbons (Fsp3) is 0.391. The second kappa shape index (κ2) is 8.11. The summed E-state index contributed by atoms with van der Waals surface area (Å²) in [5.41, 5.74) is 3.78. The van der Waals surface area contributed by atoms with Gasteiger partial charge in [-0.2, -0.15) is 0 Å². The molecule has 0 amide bonds. The highest BCUT2D eigenvalue weighted by Crippen LogP contribution is 2.30. The van der Waals surface area contributed by atoms with Crippen LogP contribution in [0.25, 0.3) is 10.9 Å². The molecule has 4 aromatic rings. The first-order chi connectivity index (χ1) is 15.1. The molecule has 1 fully saturated rings. The van der Waals surface area contributed by atoms with E-state index in [1.807, 2.05) is 24.3 Å². The number of likely N-dealkylation sites (tertiary alicyclic amines) is 1. The van der Waals surface area contributed by atoms with Crippen LogP contribution in [0.3, 0.4) is 0 Å². The topological polar surface area (TPSA) is 92.8 Å². The van der Waals surface area contributed by atoms with Crippen LogP contribution in [0, 0.1) is 13.8 Å². The Balaban J connectivity index is 1.64. The number of aromatic nitrogens is 5. The number of aryl methyl sites for hydroxylation is 2. The Morgan fingerprint density at radius 3 is 2.71 bits per heavy atom. The summed E-state index contributed by atoms with van der Waals surface area (Å²) in [6.45, 7) is 6.38.